The third-order valence-electron chi connectivity index (χ3n) is 2.79. The van der Waals surface area contributed by atoms with Crippen molar-refractivity contribution < 1.29 is 13.6 Å². The number of nitrogens with one attached hydrogen (secondary N) is 2. The normalized spacial score (nSPS) is 10.6. The summed E-state index contributed by atoms with van der Waals surface area (Å²) >= 11 is 0. The van der Waals surface area contributed by atoms with Gasteiger partial charge in [0.2, 0.25) is 0 Å². The Morgan fingerprint density at radius 3 is 2.55 bits per heavy atom. The van der Waals surface area contributed by atoms with Crippen LogP contribution in [0.1, 0.15) is 24.3 Å². The van der Waals surface area contributed by atoms with Crippen molar-refractivity contribution in [3.63, 3.8) is 0 Å². The first kappa shape index (κ1) is 15.8. The van der Waals surface area contributed by atoms with Crippen LogP contribution in [0.4, 0.5) is 20.3 Å². The topological polar surface area (TPSA) is 66.9 Å². The first-order valence-corrected chi connectivity index (χ1v) is 6.78. The molecule has 2 aromatic rings. The van der Waals surface area contributed by atoms with Gasteiger partial charge in [0.1, 0.15) is 35.2 Å². The van der Waals surface area contributed by atoms with E-state index in [-0.39, 0.29) is 5.69 Å². The van der Waals surface area contributed by atoms with Crippen molar-refractivity contribution in [1.82, 2.24) is 9.97 Å². The van der Waals surface area contributed by atoms with Crippen LogP contribution in [0.25, 0.3) is 0 Å². The maximum atomic E-state index is 13.5. The highest BCUT2D eigenvalue weighted by atomic mass is 19.1. The lowest BCUT2D eigenvalue weighted by molar-refractivity contribution is 0.102. The SMILES string of the molecule is CC(C)CNc1cc(C(=O)Nc2c(F)cccc2F)ncn1. The van der Waals surface area contributed by atoms with Crippen LogP contribution in [-0.2, 0) is 0 Å². The fourth-order valence-electron chi connectivity index (χ4n) is 1.68. The standard InChI is InChI=1S/C15H16F2N4O/c1-9(2)7-18-13-6-12(19-8-20-13)15(22)21-14-10(16)4-3-5-11(14)17/h3-6,8-9H,7H2,1-2H3,(H,21,22)(H,18,19,20). The Hall–Kier alpha value is -2.57. The van der Waals surface area contributed by atoms with Gasteiger partial charge < -0.3 is 10.6 Å². The molecule has 1 aromatic heterocycles. The minimum Gasteiger partial charge on any atom is -0.370 e. The average Bonchev–Trinajstić information content (AvgIpc) is 2.49. The van der Waals surface area contributed by atoms with Crippen molar-refractivity contribution in [2.75, 3.05) is 17.2 Å². The molecule has 1 aromatic carbocycles. The number of benzene rings is 1. The van der Waals surface area contributed by atoms with Gasteiger partial charge in [0, 0.05) is 12.6 Å². The molecular formula is C15H16F2N4O. The summed E-state index contributed by atoms with van der Waals surface area (Å²) in [5, 5.41) is 5.23. The summed E-state index contributed by atoms with van der Waals surface area (Å²) in [5.74, 6) is -1.53. The molecule has 0 atom stereocenters. The van der Waals surface area contributed by atoms with Gasteiger partial charge in [-0.15, -0.1) is 0 Å². The average molecular weight is 306 g/mol. The Balaban J connectivity index is 2.14. The smallest absolute Gasteiger partial charge is 0.274 e. The van der Waals surface area contributed by atoms with E-state index in [0.717, 1.165) is 12.1 Å². The number of halogens is 2. The van der Waals surface area contributed by atoms with Gasteiger partial charge in [0.25, 0.3) is 5.91 Å². The van der Waals surface area contributed by atoms with E-state index in [1.54, 1.807) is 0 Å². The van der Waals surface area contributed by atoms with E-state index in [4.69, 9.17) is 0 Å². The van der Waals surface area contributed by atoms with Crippen molar-refractivity contribution in [2.45, 2.75) is 13.8 Å². The number of hydrogen-bond acceptors (Lipinski definition) is 4. The Morgan fingerprint density at radius 1 is 1.23 bits per heavy atom. The molecule has 2 N–H and O–H groups in total. The molecule has 0 spiro atoms. The number of hydrogen-bond donors (Lipinski definition) is 2. The highest BCUT2D eigenvalue weighted by Gasteiger charge is 2.15. The molecule has 0 radical (unpaired) electrons. The summed E-state index contributed by atoms with van der Waals surface area (Å²) in [4.78, 5) is 19.8. The number of aromatic nitrogens is 2. The second-order valence-electron chi connectivity index (χ2n) is 5.11. The van der Waals surface area contributed by atoms with Crippen molar-refractivity contribution in [1.29, 1.82) is 0 Å². The lowest BCUT2D eigenvalue weighted by atomic mass is 10.2. The zero-order valence-electron chi connectivity index (χ0n) is 12.2. The molecule has 0 fully saturated rings. The van der Waals surface area contributed by atoms with Crippen LogP contribution in [0.3, 0.4) is 0 Å². The zero-order chi connectivity index (χ0) is 16.1. The van der Waals surface area contributed by atoms with Gasteiger partial charge in [-0.1, -0.05) is 19.9 Å². The van der Waals surface area contributed by atoms with Gasteiger partial charge in [0.15, 0.2) is 0 Å². The van der Waals surface area contributed by atoms with Gasteiger partial charge in [-0.05, 0) is 18.1 Å². The predicted molar refractivity (Wildman–Crippen MR) is 79.7 cm³/mol. The fourth-order valence-corrected chi connectivity index (χ4v) is 1.68. The van der Waals surface area contributed by atoms with Gasteiger partial charge in [-0.25, -0.2) is 18.7 Å². The van der Waals surface area contributed by atoms with Crippen LogP contribution in [0.2, 0.25) is 0 Å². The molecule has 22 heavy (non-hydrogen) atoms. The lowest BCUT2D eigenvalue weighted by Gasteiger charge is -2.10. The number of amides is 1. The van der Waals surface area contributed by atoms with E-state index >= 15 is 0 Å². The number of nitrogens with zero attached hydrogens (tertiary/aromatic N) is 2. The van der Waals surface area contributed by atoms with Crippen LogP contribution in [0, 0.1) is 17.6 Å². The Labute approximate surface area is 126 Å². The van der Waals surface area contributed by atoms with Crippen molar-refractivity contribution in [3.8, 4) is 0 Å². The summed E-state index contributed by atoms with van der Waals surface area (Å²) in [5.41, 5.74) is -0.480. The molecule has 0 saturated carbocycles. The molecule has 0 aliphatic carbocycles. The summed E-state index contributed by atoms with van der Waals surface area (Å²) in [6.07, 6.45) is 1.22. The van der Waals surface area contributed by atoms with E-state index in [1.807, 2.05) is 13.8 Å². The third-order valence-corrected chi connectivity index (χ3v) is 2.79. The molecule has 7 heteroatoms. The zero-order valence-corrected chi connectivity index (χ0v) is 12.2. The van der Waals surface area contributed by atoms with Gasteiger partial charge >= 0.3 is 0 Å². The number of carbonyl (C=O) groups is 1. The monoisotopic (exact) mass is 306 g/mol. The Bertz CT molecular complexity index is 656. The molecule has 0 saturated heterocycles. The second kappa shape index (κ2) is 6.93. The summed E-state index contributed by atoms with van der Waals surface area (Å²) in [6.45, 7) is 4.74. The minimum atomic E-state index is -0.847. The second-order valence-corrected chi connectivity index (χ2v) is 5.11. The van der Waals surface area contributed by atoms with Crippen molar-refractivity contribution in [2.24, 2.45) is 5.92 Å². The largest absolute Gasteiger partial charge is 0.370 e. The van der Waals surface area contributed by atoms with Crippen LogP contribution in [0.15, 0.2) is 30.6 Å². The van der Waals surface area contributed by atoms with Crippen LogP contribution >= 0.6 is 0 Å². The first-order valence-electron chi connectivity index (χ1n) is 6.78. The highest BCUT2D eigenvalue weighted by Crippen LogP contribution is 2.19. The van der Waals surface area contributed by atoms with E-state index in [2.05, 4.69) is 20.6 Å². The Kier molecular flexibility index (Phi) is 4.98. The molecule has 1 heterocycles. The summed E-state index contributed by atoms with van der Waals surface area (Å²) in [7, 11) is 0. The molecule has 1 amide bonds. The molecule has 5 nitrogen and oxygen atoms in total. The fraction of sp³-hybridized carbons (Fsp3) is 0.267. The molecule has 0 bridgehead atoms. The Morgan fingerprint density at radius 2 is 1.91 bits per heavy atom. The maximum absolute atomic E-state index is 13.5. The van der Waals surface area contributed by atoms with E-state index < -0.39 is 23.2 Å². The molecule has 0 unspecified atom stereocenters. The molecule has 0 aliphatic heterocycles. The number of anilines is 2. The van der Waals surface area contributed by atoms with Gasteiger partial charge in [-0.3, -0.25) is 4.79 Å². The van der Waals surface area contributed by atoms with Crippen LogP contribution in [-0.4, -0.2) is 22.4 Å². The molecule has 2 rings (SSSR count). The number of para-hydroxylation sites is 1. The molecular weight excluding hydrogens is 290 g/mol. The number of rotatable bonds is 5. The quantitative estimate of drug-likeness (QED) is 0.891. The minimum absolute atomic E-state index is 0.0175. The van der Waals surface area contributed by atoms with Gasteiger partial charge in [0.05, 0.1) is 0 Å². The van der Waals surface area contributed by atoms with Gasteiger partial charge in [-0.2, -0.15) is 0 Å². The summed E-state index contributed by atoms with van der Waals surface area (Å²) in [6, 6.07) is 4.78. The number of carbonyl (C=O) groups excluding carboxylic acids is 1. The third kappa shape index (κ3) is 3.97. The van der Waals surface area contributed by atoms with Crippen LogP contribution < -0.4 is 10.6 Å². The van der Waals surface area contributed by atoms with Crippen LogP contribution in [0.5, 0.6) is 0 Å². The maximum Gasteiger partial charge on any atom is 0.274 e. The lowest BCUT2D eigenvalue weighted by Crippen LogP contribution is -2.17. The molecule has 116 valence electrons. The predicted octanol–water partition coefficient (Wildman–Crippen LogP) is 3.08. The van der Waals surface area contributed by atoms with E-state index in [0.29, 0.717) is 18.3 Å². The first-order chi connectivity index (χ1) is 10.5. The molecule has 0 aliphatic rings. The van der Waals surface area contributed by atoms with Crippen molar-refractivity contribution >= 4 is 17.4 Å². The highest BCUT2D eigenvalue weighted by molar-refractivity contribution is 6.03. The van der Waals surface area contributed by atoms with E-state index in [9.17, 15) is 13.6 Å². The summed E-state index contributed by atoms with van der Waals surface area (Å²) < 4.78 is 27.0. The van der Waals surface area contributed by atoms with Crippen molar-refractivity contribution in [3.05, 3.63) is 47.9 Å². The van der Waals surface area contributed by atoms with E-state index in [1.165, 1.54) is 18.5 Å².